The van der Waals surface area contributed by atoms with Crippen LogP contribution < -0.4 is 0 Å². The monoisotopic (exact) mass is 460 g/mol. The van der Waals surface area contributed by atoms with Crippen LogP contribution in [0, 0.1) is 5.41 Å². The largest absolute Gasteiger partial charge is 0.456 e. The van der Waals surface area contributed by atoms with Gasteiger partial charge in [-0.25, -0.2) is 0 Å². The third kappa shape index (κ3) is 4.44. The van der Waals surface area contributed by atoms with Crippen molar-refractivity contribution in [1.82, 2.24) is 0 Å². The average Bonchev–Trinajstić information content (AvgIpc) is 3.02. The van der Waals surface area contributed by atoms with E-state index in [1.165, 1.54) is 0 Å². The van der Waals surface area contributed by atoms with Gasteiger partial charge in [0.1, 0.15) is 11.2 Å². The van der Waals surface area contributed by atoms with Gasteiger partial charge in [0.15, 0.2) is 3.79 Å². The van der Waals surface area contributed by atoms with E-state index < -0.39 is 20.9 Å². The fraction of sp³-hybridized carbons (Fsp3) is 0.696. The minimum atomic E-state index is -1.61. The second-order valence-corrected chi connectivity index (χ2v) is 11.8. The van der Waals surface area contributed by atoms with Crippen molar-refractivity contribution in [3.63, 3.8) is 0 Å². The molecule has 162 valence electrons. The lowest BCUT2D eigenvalue weighted by Crippen LogP contribution is -2.65. The van der Waals surface area contributed by atoms with E-state index in [1.54, 1.807) is 0 Å². The summed E-state index contributed by atoms with van der Waals surface area (Å²) in [5, 5.41) is 0. The van der Waals surface area contributed by atoms with E-state index >= 15 is 0 Å². The van der Waals surface area contributed by atoms with Crippen molar-refractivity contribution in [1.29, 1.82) is 0 Å². The first-order chi connectivity index (χ1) is 13.4. The van der Waals surface area contributed by atoms with Crippen molar-refractivity contribution < 1.29 is 14.3 Å². The molecular formula is C23H31Cl3O3. The minimum absolute atomic E-state index is 0.00215. The quantitative estimate of drug-likeness (QED) is 0.358. The third-order valence-corrected chi connectivity index (χ3v) is 7.81. The molecule has 0 N–H and O–H groups in total. The van der Waals surface area contributed by atoms with Crippen LogP contribution in [-0.4, -0.2) is 27.1 Å². The topological polar surface area (TPSA) is 35.5 Å². The second-order valence-electron chi connectivity index (χ2n) is 9.45. The zero-order chi connectivity index (χ0) is 21.5. The molecule has 0 amide bonds. The summed E-state index contributed by atoms with van der Waals surface area (Å²) in [4.78, 5) is 13.1. The molecule has 2 unspecified atom stereocenters. The zero-order valence-corrected chi connectivity index (χ0v) is 19.9. The smallest absolute Gasteiger partial charge is 0.307 e. The van der Waals surface area contributed by atoms with Crippen molar-refractivity contribution in [2.24, 2.45) is 5.41 Å². The number of ether oxygens (including phenoxy) is 2. The number of benzene rings is 1. The van der Waals surface area contributed by atoms with Crippen LogP contribution in [0.4, 0.5) is 0 Å². The van der Waals surface area contributed by atoms with E-state index in [0.717, 1.165) is 37.7 Å². The number of alkyl halides is 3. The molecule has 1 saturated carbocycles. The molecule has 0 radical (unpaired) electrons. The Bertz CT molecular complexity index is 731. The van der Waals surface area contributed by atoms with Gasteiger partial charge in [0.05, 0.1) is 12.5 Å². The highest BCUT2D eigenvalue weighted by molar-refractivity contribution is 6.68. The molecule has 2 aliphatic rings. The van der Waals surface area contributed by atoms with Gasteiger partial charge in [-0.1, -0.05) is 79.0 Å². The van der Waals surface area contributed by atoms with Crippen LogP contribution in [-0.2, 0) is 14.3 Å². The molecule has 1 aromatic carbocycles. The summed E-state index contributed by atoms with van der Waals surface area (Å²) in [7, 11) is 0. The number of hydrogen-bond donors (Lipinski definition) is 0. The molecule has 0 aromatic heterocycles. The van der Waals surface area contributed by atoms with E-state index in [9.17, 15) is 4.79 Å². The van der Waals surface area contributed by atoms with E-state index in [2.05, 4.69) is 20.8 Å². The van der Waals surface area contributed by atoms with Gasteiger partial charge in [0.2, 0.25) is 0 Å². The predicted molar refractivity (Wildman–Crippen MR) is 119 cm³/mol. The second kappa shape index (κ2) is 8.22. The van der Waals surface area contributed by atoms with Crippen molar-refractivity contribution in [2.75, 3.05) is 0 Å². The molecule has 29 heavy (non-hydrogen) atoms. The van der Waals surface area contributed by atoms with Crippen molar-refractivity contribution >= 4 is 40.8 Å². The molecule has 0 bridgehead atoms. The van der Waals surface area contributed by atoms with Crippen LogP contribution in [0.2, 0.25) is 0 Å². The Morgan fingerprint density at radius 3 is 2.38 bits per heavy atom. The maximum absolute atomic E-state index is 13.1. The van der Waals surface area contributed by atoms with Gasteiger partial charge in [-0.3, -0.25) is 4.79 Å². The number of halogens is 3. The molecule has 1 spiro atoms. The predicted octanol–water partition coefficient (Wildman–Crippen LogP) is 6.98. The van der Waals surface area contributed by atoms with E-state index in [1.807, 2.05) is 37.3 Å². The van der Waals surface area contributed by atoms with Crippen molar-refractivity contribution in [2.45, 2.75) is 93.2 Å². The van der Waals surface area contributed by atoms with Crippen LogP contribution in [0.3, 0.4) is 0 Å². The van der Waals surface area contributed by atoms with Crippen LogP contribution >= 0.6 is 34.8 Å². The van der Waals surface area contributed by atoms with Gasteiger partial charge in [0.25, 0.3) is 0 Å². The SMILES string of the molecule is CC1CC[C@@]2(O1)C(C)(C)CCC[C@@]2(C)OC(=O)CC(c1ccccc1)C(Cl)(Cl)Cl. The van der Waals surface area contributed by atoms with Crippen LogP contribution in [0.1, 0.15) is 77.7 Å². The van der Waals surface area contributed by atoms with E-state index in [0.29, 0.717) is 0 Å². The molecule has 1 aromatic rings. The zero-order valence-electron chi connectivity index (χ0n) is 17.6. The first-order valence-electron chi connectivity index (χ1n) is 10.4. The highest BCUT2D eigenvalue weighted by Crippen LogP contribution is 2.58. The average molecular weight is 462 g/mol. The summed E-state index contributed by atoms with van der Waals surface area (Å²) in [6, 6.07) is 9.38. The maximum Gasteiger partial charge on any atom is 0.307 e. The number of carbonyl (C=O) groups is 1. The molecular weight excluding hydrogens is 431 g/mol. The molecule has 3 nitrogen and oxygen atoms in total. The Morgan fingerprint density at radius 1 is 1.17 bits per heavy atom. The fourth-order valence-corrected chi connectivity index (χ4v) is 6.05. The molecule has 6 heteroatoms. The summed E-state index contributed by atoms with van der Waals surface area (Å²) in [5.41, 5.74) is -0.473. The van der Waals surface area contributed by atoms with Gasteiger partial charge < -0.3 is 9.47 Å². The highest BCUT2D eigenvalue weighted by atomic mass is 35.6. The highest BCUT2D eigenvalue weighted by Gasteiger charge is 2.64. The minimum Gasteiger partial charge on any atom is -0.456 e. The lowest BCUT2D eigenvalue weighted by Gasteiger charge is -2.57. The molecule has 4 atom stereocenters. The van der Waals surface area contributed by atoms with Gasteiger partial charge in [-0.05, 0) is 56.9 Å². The standard InChI is InChI=1S/C23H31Cl3O3/c1-16-11-14-22(28-16)20(2,3)12-8-13-21(22,4)29-19(27)15-18(23(24,25)26)17-9-6-5-7-10-17/h5-7,9-10,16,18H,8,11-15H2,1-4H3/t16?,18?,21-,22-/m1/s1. The molecule has 1 saturated heterocycles. The summed E-state index contributed by atoms with van der Waals surface area (Å²) in [6.45, 7) is 8.57. The van der Waals surface area contributed by atoms with Crippen molar-refractivity contribution in [3.05, 3.63) is 35.9 Å². The summed E-state index contributed by atoms with van der Waals surface area (Å²) < 4.78 is 11.1. The molecule has 1 aliphatic heterocycles. The van der Waals surface area contributed by atoms with Gasteiger partial charge in [-0.2, -0.15) is 0 Å². The van der Waals surface area contributed by atoms with Crippen LogP contribution in [0.15, 0.2) is 30.3 Å². The first kappa shape index (κ1) is 23.2. The van der Waals surface area contributed by atoms with Gasteiger partial charge >= 0.3 is 5.97 Å². The number of carbonyl (C=O) groups excluding carboxylic acids is 1. The van der Waals surface area contributed by atoms with E-state index in [-0.39, 0.29) is 23.9 Å². The van der Waals surface area contributed by atoms with Gasteiger partial charge in [0, 0.05) is 5.92 Å². The lowest BCUT2D eigenvalue weighted by molar-refractivity contribution is -0.252. The Morgan fingerprint density at radius 2 is 1.83 bits per heavy atom. The van der Waals surface area contributed by atoms with E-state index in [4.69, 9.17) is 44.3 Å². The normalized spacial score (nSPS) is 32.9. The summed E-state index contributed by atoms with van der Waals surface area (Å²) in [6.07, 6.45) is 4.83. The summed E-state index contributed by atoms with van der Waals surface area (Å²) >= 11 is 18.7. The molecule has 1 heterocycles. The Hall–Kier alpha value is -0.480. The lowest BCUT2D eigenvalue weighted by atomic mass is 9.57. The molecule has 2 fully saturated rings. The Labute approximate surface area is 189 Å². The Kier molecular flexibility index (Phi) is 6.57. The van der Waals surface area contributed by atoms with Crippen LogP contribution in [0.25, 0.3) is 0 Å². The fourth-order valence-electron chi connectivity index (χ4n) is 5.44. The van der Waals surface area contributed by atoms with Gasteiger partial charge in [-0.15, -0.1) is 0 Å². The van der Waals surface area contributed by atoms with Crippen LogP contribution in [0.5, 0.6) is 0 Å². The number of hydrogen-bond acceptors (Lipinski definition) is 3. The summed E-state index contributed by atoms with van der Waals surface area (Å²) in [5.74, 6) is -0.936. The first-order valence-corrected chi connectivity index (χ1v) is 11.5. The van der Waals surface area contributed by atoms with Crippen molar-refractivity contribution in [3.8, 4) is 0 Å². The number of esters is 1. The molecule has 1 aliphatic carbocycles. The Balaban J connectivity index is 1.84. The third-order valence-electron chi connectivity index (χ3n) is 7.02. The molecule has 3 rings (SSSR count). The number of rotatable bonds is 4. The maximum atomic E-state index is 13.1.